The standard InChI is InChI=1S/C15H7Cl2F6/c16-12-3-1-8(7-14(18,19)20)5-10(12)11-6-9(15(21,22)23)2-4-13(11)17/h1-2,4-6H,7H2. The molecule has 1 radical (unpaired) electrons. The quantitative estimate of drug-likeness (QED) is 0.522. The first-order chi connectivity index (χ1) is 10.5. The van der Waals surface area contributed by atoms with Crippen molar-refractivity contribution in [2.24, 2.45) is 0 Å². The lowest BCUT2D eigenvalue weighted by Gasteiger charge is -2.13. The Kier molecular flexibility index (Phi) is 4.87. The number of hydrogen-bond acceptors (Lipinski definition) is 0. The van der Waals surface area contributed by atoms with Gasteiger partial charge < -0.3 is 0 Å². The summed E-state index contributed by atoms with van der Waals surface area (Å²) in [4.78, 5) is 0. The van der Waals surface area contributed by atoms with E-state index in [4.69, 9.17) is 23.2 Å². The van der Waals surface area contributed by atoms with E-state index < -0.39 is 24.3 Å². The van der Waals surface area contributed by atoms with Gasteiger partial charge >= 0.3 is 12.4 Å². The fourth-order valence-electron chi connectivity index (χ4n) is 1.96. The van der Waals surface area contributed by atoms with E-state index in [0.29, 0.717) is 0 Å². The summed E-state index contributed by atoms with van der Waals surface area (Å²) in [5, 5.41) is -0.172. The lowest BCUT2D eigenvalue weighted by molar-refractivity contribution is -0.137. The van der Waals surface area contributed by atoms with Gasteiger partial charge in [0.25, 0.3) is 0 Å². The molecule has 2 aromatic carbocycles. The Morgan fingerprint density at radius 1 is 0.913 bits per heavy atom. The molecule has 0 N–H and O–H groups in total. The number of hydrogen-bond donors (Lipinski definition) is 0. The summed E-state index contributed by atoms with van der Waals surface area (Å²) in [7, 11) is 0. The first kappa shape index (κ1) is 17.9. The van der Waals surface area contributed by atoms with Crippen molar-refractivity contribution in [2.45, 2.75) is 18.8 Å². The van der Waals surface area contributed by atoms with Crippen LogP contribution in [0.4, 0.5) is 26.3 Å². The zero-order chi connectivity index (χ0) is 17.4. The van der Waals surface area contributed by atoms with Crippen molar-refractivity contribution < 1.29 is 26.3 Å². The van der Waals surface area contributed by atoms with Crippen LogP contribution in [0.3, 0.4) is 0 Å². The molecular formula is C15H7Cl2F6. The van der Waals surface area contributed by atoms with Crippen molar-refractivity contribution in [3.8, 4) is 11.1 Å². The van der Waals surface area contributed by atoms with Crippen LogP contribution in [0.25, 0.3) is 11.1 Å². The molecule has 8 heteroatoms. The smallest absolute Gasteiger partial charge is 0.171 e. The largest absolute Gasteiger partial charge is 0.416 e. The van der Waals surface area contributed by atoms with E-state index in [9.17, 15) is 26.3 Å². The summed E-state index contributed by atoms with van der Waals surface area (Å²) >= 11 is 11.7. The summed E-state index contributed by atoms with van der Waals surface area (Å²) in [6.45, 7) is 0. The fourth-order valence-corrected chi connectivity index (χ4v) is 2.39. The molecule has 0 unspecified atom stereocenters. The molecule has 0 atom stereocenters. The van der Waals surface area contributed by atoms with E-state index >= 15 is 0 Å². The second-order valence-corrected chi connectivity index (χ2v) is 5.51. The molecule has 0 aliphatic carbocycles. The first-order valence-corrected chi connectivity index (χ1v) is 6.87. The summed E-state index contributed by atoms with van der Waals surface area (Å²) in [6.07, 6.45) is -10.3. The van der Waals surface area contributed by atoms with E-state index in [-0.39, 0.29) is 26.7 Å². The highest BCUT2D eigenvalue weighted by Crippen LogP contribution is 2.39. The van der Waals surface area contributed by atoms with Crippen LogP contribution in [0, 0.1) is 6.07 Å². The molecule has 0 heterocycles. The van der Waals surface area contributed by atoms with Crippen molar-refractivity contribution in [3.63, 3.8) is 0 Å². The number of halogens is 8. The van der Waals surface area contributed by atoms with Crippen LogP contribution in [0.5, 0.6) is 0 Å². The van der Waals surface area contributed by atoms with E-state index in [1.807, 2.05) is 0 Å². The van der Waals surface area contributed by atoms with Gasteiger partial charge in [0, 0.05) is 22.2 Å². The highest BCUT2D eigenvalue weighted by molar-refractivity contribution is 6.36. The maximum absolute atomic E-state index is 12.8. The Balaban J connectivity index is 2.55. The number of benzene rings is 2. The maximum Gasteiger partial charge on any atom is 0.416 e. The summed E-state index contributed by atoms with van der Waals surface area (Å²) in [5.74, 6) is 0. The van der Waals surface area contributed by atoms with Gasteiger partial charge in [0.05, 0.1) is 17.0 Å². The van der Waals surface area contributed by atoms with Gasteiger partial charge in [0.2, 0.25) is 0 Å². The molecule has 0 aromatic heterocycles. The number of rotatable bonds is 2. The topological polar surface area (TPSA) is 0 Å². The lowest BCUT2D eigenvalue weighted by Crippen LogP contribution is -2.11. The second-order valence-electron chi connectivity index (χ2n) is 4.72. The molecule has 0 aliphatic heterocycles. The third-order valence-corrected chi connectivity index (χ3v) is 3.58. The molecule has 0 nitrogen and oxygen atoms in total. The Hall–Kier alpha value is -1.40. The third-order valence-electron chi connectivity index (χ3n) is 2.94. The van der Waals surface area contributed by atoms with Crippen LogP contribution in [0.2, 0.25) is 10.0 Å². The normalized spacial score (nSPS) is 12.5. The Morgan fingerprint density at radius 3 is 2.13 bits per heavy atom. The van der Waals surface area contributed by atoms with Gasteiger partial charge in [-0.2, -0.15) is 26.3 Å². The predicted octanol–water partition coefficient (Wildman–Crippen LogP) is 6.58. The molecule has 2 aromatic rings. The van der Waals surface area contributed by atoms with Crippen LogP contribution in [0.1, 0.15) is 11.1 Å². The average Bonchev–Trinajstić information content (AvgIpc) is 2.39. The predicted molar refractivity (Wildman–Crippen MR) is 75.5 cm³/mol. The lowest BCUT2D eigenvalue weighted by atomic mass is 9.99. The molecule has 0 aliphatic rings. The van der Waals surface area contributed by atoms with Crippen molar-refractivity contribution in [1.82, 2.24) is 0 Å². The second kappa shape index (κ2) is 6.24. The molecule has 123 valence electrons. The third kappa shape index (κ3) is 4.54. The van der Waals surface area contributed by atoms with Crippen molar-refractivity contribution in [2.75, 3.05) is 0 Å². The SMILES string of the molecule is FC(F)(F)Cc1c[c]c(Cl)c(-c2cc(C(F)(F)F)ccc2Cl)c1. The zero-order valence-corrected chi connectivity index (χ0v) is 12.6. The Bertz CT molecular complexity index is 719. The van der Waals surface area contributed by atoms with Crippen LogP contribution in [-0.2, 0) is 12.6 Å². The molecule has 0 saturated heterocycles. The number of alkyl halides is 6. The van der Waals surface area contributed by atoms with Gasteiger partial charge in [-0.3, -0.25) is 0 Å². The highest BCUT2D eigenvalue weighted by atomic mass is 35.5. The Labute approximate surface area is 137 Å². The Morgan fingerprint density at radius 2 is 1.57 bits per heavy atom. The van der Waals surface area contributed by atoms with Crippen LogP contribution < -0.4 is 0 Å². The van der Waals surface area contributed by atoms with Gasteiger partial charge in [0.1, 0.15) is 0 Å². The van der Waals surface area contributed by atoms with E-state index in [1.165, 1.54) is 0 Å². The van der Waals surface area contributed by atoms with Crippen molar-refractivity contribution in [1.29, 1.82) is 0 Å². The molecule has 23 heavy (non-hydrogen) atoms. The van der Waals surface area contributed by atoms with E-state index in [1.54, 1.807) is 0 Å². The van der Waals surface area contributed by atoms with Gasteiger partial charge in [-0.1, -0.05) is 23.2 Å². The summed E-state index contributed by atoms with van der Waals surface area (Å²) in [5.41, 5.74) is -1.30. The summed E-state index contributed by atoms with van der Waals surface area (Å²) < 4.78 is 75.7. The maximum atomic E-state index is 12.8. The van der Waals surface area contributed by atoms with Gasteiger partial charge in [-0.15, -0.1) is 0 Å². The molecule has 0 saturated carbocycles. The molecular weight excluding hydrogens is 365 g/mol. The van der Waals surface area contributed by atoms with Crippen molar-refractivity contribution in [3.05, 3.63) is 57.6 Å². The first-order valence-electron chi connectivity index (χ1n) is 6.11. The summed E-state index contributed by atoms with van der Waals surface area (Å²) in [6, 6.07) is 7.05. The minimum Gasteiger partial charge on any atom is -0.171 e. The minimum absolute atomic E-state index is 0.0375. The fraction of sp³-hybridized carbons (Fsp3) is 0.200. The zero-order valence-electron chi connectivity index (χ0n) is 11.1. The van der Waals surface area contributed by atoms with Crippen LogP contribution in [0.15, 0.2) is 30.3 Å². The molecule has 0 spiro atoms. The average molecular weight is 372 g/mol. The van der Waals surface area contributed by atoms with E-state index in [2.05, 4.69) is 6.07 Å². The van der Waals surface area contributed by atoms with Crippen LogP contribution >= 0.6 is 23.2 Å². The van der Waals surface area contributed by atoms with Gasteiger partial charge in [0.15, 0.2) is 0 Å². The molecule has 0 bridgehead atoms. The monoisotopic (exact) mass is 371 g/mol. The molecule has 0 amide bonds. The van der Waals surface area contributed by atoms with Gasteiger partial charge in [-0.25, -0.2) is 0 Å². The highest BCUT2D eigenvalue weighted by Gasteiger charge is 2.31. The van der Waals surface area contributed by atoms with Crippen molar-refractivity contribution >= 4 is 23.2 Å². The van der Waals surface area contributed by atoms with Gasteiger partial charge in [-0.05, 0) is 35.9 Å². The van der Waals surface area contributed by atoms with Crippen LogP contribution in [-0.4, -0.2) is 6.18 Å². The minimum atomic E-state index is -4.61. The molecule has 0 fully saturated rings. The van der Waals surface area contributed by atoms with E-state index in [0.717, 1.165) is 30.3 Å². The molecule has 2 rings (SSSR count).